The second-order valence-electron chi connectivity index (χ2n) is 6.71. The number of carbonyl (C=O) groups excluding carboxylic acids is 2. The van der Waals surface area contributed by atoms with Crippen LogP contribution >= 0.6 is 0 Å². The van der Waals surface area contributed by atoms with E-state index in [1.54, 1.807) is 38.5 Å². The molecule has 0 saturated carbocycles. The monoisotopic (exact) mass is 354 g/mol. The van der Waals surface area contributed by atoms with Crippen LogP contribution in [0, 0.1) is 11.3 Å². The maximum Gasteiger partial charge on any atom is 0.349 e. The van der Waals surface area contributed by atoms with Crippen LogP contribution in [0.4, 0.5) is 0 Å². The average molecular weight is 354 g/mol. The maximum atomic E-state index is 12.2. The van der Waals surface area contributed by atoms with Crippen LogP contribution in [0.1, 0.15) is 33.3 Å². The van der Waals surface area contributed by atoms with Gasteiger partial charge in [0, 0.05) is 22.7 Å². The molecule has 0 aliphatic heterocycles. The van der Waals surface area contributed by atoms with Gasteiger partial charge in [-0.3, -0.25) is 4.79 Å². The van der Waals surface area contributed by atoms with E-state index in [0.29, 0.717) is 12.2 Å². The summed E-state index contributed by atoms with van der Waals surface area (Å²) in [6.45, 7) is 7.33. The minimum absolute atomic E-state index is 0.0521. The Morgan fingerprint density at radius 2 is 1.96 bits per heavy atom. The lowest BCUT2D eigenvalue weighted by atomic mass is 10.1. The molecule has 1 aromatic heterocycles. The Morgan fingerprint density at radius 3 is 2.58 bits per heavy atom. The maximum absolute atomic E-state index is 12.2. The van der Waals surface area contributed by atoms with E-state index in [1.807, 2.05) is 30.3 Å². The van der Waals surface area contributed by atoms with E-state index in [1.165, 1.54) is 6.08 Å². The van der Waals surface area contributed by atoms with Crippen molar-refractivity contribution < 1.29 is 19.1 Å². The van der Waals surface area contributed by atoms with Gasteiger partial charge in [-0.2, -0.15) is 5.26 Å². The quantitative estimate of drug-likeness (QED) is 0.467. The Morgan fingerprint density at radius 1 is 1.27 bits per heavy atom. The summed E-state index contributed by atoms with van der Waals surface area (Å²) in [5.41, 5.74) is 0.685. The summed E-state index contributed by atoms with van der Waals surface area (Å²) in [5, 5.41) is 10.2. The Balaban J connectivity index is 2.44. The first-order valence-electron chi connectivity index (χ1n) is 8.33. The molecule has 26 heavy (non-hydrogen) atoms. The van der Waals surface area contributed by atoms with Crippen LogP contribution in [0.3, 0.4) is 0 Å². The van der Waals surface area contributed by atoms with Gasteiger partial charge in [0.05, 0.1) is 6.61 Å². The van der Waals surface area contributed by atoms with Crippen molar-refractivity contribution in [2.45, 2.75) is 39.8 Å². The standard InChI is InChI=1S/C20H22N2O4/c1-5-25-18(23)13-22-12-15(16-8-6-7-9-17(16)22)10-14(11-21)19(24)26-20(2,3)4/h6-10,12H,5,13H2,1-4H3/b14-10+. The molecular formula is C20H22N2O4. The number of para-hydroxylation sites is 1. The van der Waals surface area contributed by atoms with Gasteiger partial charge in [0.1, 0.15) is 23.8 Å². The third-order valence-electron chi connectivity index (χ3n) is 3.46. The number of rotatable bonds is 5. The van der Waals surface area contributed by atoms with Crippen molar-refractivity contribution in [2.75, 3.05) is 6.61 Å². The summed E-state index contributed by atoms with van der Waals surface area (Å²) in [6, 6.07) is 9.34. The zero-order chi connectivity index (χ0) is 19.3. The number of ether oxygens (including phenoxy) is 2. The number of benzene rings is 1. The number of carbonyl (C=O) groups is 2. The summed E-state index contributed by atoms with van der Waals surface area (Å²) < 4.78 is 12.0. The van der Waals surface area contributed by atoms with E-state index in [0.717, 1.165) is 10.9 Å². The SMILES string of the molecule is CCOC(=O)Cn1cc(/C=C(\C#N)C(=O)OC(C)(C)C)c2ccccc21. The third kappa shape index (κ3) is 4.73. The molecule has 0 bridgehead atoms. The third-order valence-corrected chi connectivity index (χ3v) is 3.46. The second-order valence-corrected chi connectivity index (χ2v) is 6.71. The summed E-state index contributed by atoms with van der Waals surface area (Å²) in [4.78, 5) is 24.0. The van der Waals surface area contributed by atoms with Gasteiger partial charge >= 0.3 is 11.9 Å². The smallest absolute Gasteiger partial charge is 0.349 e. The van der Waals surface area contributed by atoms with Crippen LogP contribution in [0.2, 0.25) is 0 Å². The first-order chi connectivity index (χ1) is 12.2. The van der Waals surface area contributed by atoms with Crippen LogP contribution in [0.5, 0.6) is 0 Å². The molecule has 6 heteroatoms. The molecule has 0 fully saturated rings. The number of hydrogen-bond donors (Lipinski definition) is 0. The lowest BCUT2D eigenvalue weighted by molar-refractivity contribution is -0.149. The van der Waals surface area contributed by atoms with E-state index < -0.39 is 11.6 Å². The second kappa shape index (κ2) is 7.87. The van der Waals surface area contributed by atoms with Crippen LogP contribution < -0.4 is 0 Å². The fourth-order valence-corrected chi connectivity index (χ4v) is 2.49. The zero-order valence-corrected chi connectivity index (χ0v) is 15.4. The Kier molecular flexibility index (Phi) is 5.83. The highest BCUT2D eigenvalue weighted by Crippen LogP contribution is 2.24. The summed E-state index contributed by atoms with van der Waals surface area (Å²) in [5.74, 6) is -1.03. The fourth-order valence-electron chi connectivity index (χ4n) is 2.49. The predicted molar refractivity (Wildman–Crippen MR) is 98.0 cm³/mol. The van der Waals surface area contributed by atoms with Gasteiger partial charge in [0.25, 0.3) is 0 Å². The first-order valence-corrected chi connectivity index (χ1v) is 8.33. The number of fused-ring (bicyclic) bond motifs is 1. The van der Waals surface area contributed by atoms with Gasteiger partial charge in [-0.25, -0.2) is 4.79 Å². The minimum Gasteiger partial charge on any atom is -0.465 e. The van der Waals surface area contributed by atoms with Crippen LogP contribution in [0.15, 0.2) is 36.0 Å². The highest BCUT2D eigenvalue weighted by molar-refractivity contribution is 6.01. The first kappa shape index (κ1) is 19.3. The van der Waals surface area contributed by atoms with Crippen molar-refractivity contribution in [3.63, 3.8) is 0 Å². The molecule has 1 heterocycles. The molecule has 1 aromatic carbocycles. The lowest BCUT2D eigenvalue weighted by Crippen LogP contribution is -2.24. The minimum atomic E-state index is -0.690. The molecule has 2 aromatic rings. The Labute approximate surface area is 152 Å². The molecule has 0 saturated heterocycles. The summed E-state index contributed by atoms with van der Waals surface area (Å²) in [6.07, 6.45) is 3.21. The molecule has 0 spiro atoms. The van der Waals surface area contributed by atoms with Crippen molar-refractivity contribution in [1.82, 2.24) is 4.57 Å². The Bertz CT molecular complexity index is 895. The molecule has 0 radical (unpaired) electrons. The zero-order valence-electron chi connectivity index (χ0n) is 15.4. The summed E-state index contributed by atoms with van der Waals surface area (Å²) >= 11 is 0. The molecule has 6 nitrogen and oxygen atoms in total. The molecule has 0 aliphatic carbocycles. The number of hydrogen-bond acceptors (Lipinski definition) is 5. The van der Waals surface area contributed by atoms with E-state index in [9.17, 15) is 14.9 Å². The number of aromatic nitrogens is 1. The van der Waals surface area contributed by atoms with Crippen molar-refractivity contribution in [3.8, 4) is 6.07 Å². The van der Waals surface area contributed by atoms with Gasteiger partial charge < -0.3 is 14.0 Å². The molecule has 0 aliphatic rings. The number of esters is 2. The molecule has 2 rings (SSSR count). The molecular weight excluding hydrogens is 332 g/mol. The van der Waals surface area contributed by atoms with Crippen molar-refractivity contribution in [2.24, 2.45) is 0 Å². The molecule has 0 amide bonds. The van der Waals surface area contributed by atoms with E-state index in [4.69, 9.17) is 9.47 Å². The van der Waals surface area contributed by atoms with Gasteiger partial charge in [-0.15, -0.1) is 0 Å². The van der Waals surface area contributed by atoms with Gasteiger partial charge in [0.15, 0.2) is 0 Å². The Hall–Kier alpha value is -3.07. The van der Waals surface area contributed by atoms with Crippen molar-refractivity contribution in [3.05, 3.63) is 41.6 Å². The van der Waals surface area contributed by atoms with Crippen LogP contribution in [-0.4, -0.2) is 28.7 Å². The van der Waals surface area contributed by atoms with E-state index >= 15 is 0 Å². The van der Waals surface area contributed by atoms with Crippen LogP contribution in [0.25, 0.3) is 17.0 Å². The van der Waals surface area contributed by atoms with Gasteiger partial charge in [-0.1, -0.05) is 18.2 Å². The highest BCUT2D eigenvalue weighted by Gasteiger charge is 2.20. The largest absolute Gasteiger partial charge is 0.465 e. The number of nitriles is 1. The van der Waals surface area contributed by atoms with E-state index in [-0.39, 0.29) is 18.1 Å². The lowest BCUT2D eigenvalue weighted by Gasteiger charge is -2.18. The fraction of sp³-hybridized carbons (Fsp3) is 0.350. The molecule has 136 valence electrons. The van der Waals surface area contributed by atoms with Crippen LogP contribution in [-0.2, 0) is 25.6 Å². The molecule has 0 N–H and O–H groups in total. The normalized spacial score (nSPS) is 11.9. The predicted octanol–water partition coefficient (Wildman–Crippen LogP) is 3.45. The average Bonchev–Trinajstić information content (AvgIpc) is 2.89. The number of nitrogens with zero attached hydrogens (tertiary/aromatic N) is 2. The van der Waals surface area contributed by atoms with Crippen molar-refractivity contribution >= 4 is 28.9 Å². The van der Waals surface area contributed by atoms with Crippen molar-refractivity contribution in [1.29, 1.82) is 5.26 Å². The highest BCUT2D eigenvalue weighted by atomic mass is 16.6. The molecule has 0 unspecified atom stereocenters. The van der Waals surface area contributed by atoms with Gasteiger partial charge in [-0.05, 0) is 39.8 Å². The molecule has 0 atom stereocenters. The van der Waals surface area contributed by atoms with E-state index in [2.05, 4.69) is 0 Å². The summed E-state index contributed by atoms with van der Waals surface area (Å²) in [7, 11) is 0. The topological polar surface area (TPSA) is 81.3 Å². The van der Waals surface area contributed by atoms with Gasteiger partial charge in [0.2, 0.25) is 0 Å².